The molecule has 0 radical (unpaired) electrons. The molecule has 0 aliphatic carbocycles. The molecule has 1 aromatic rings. The van der Waals surface area contributed by atoms with E-state index in [1.54, 1.807) is 0 Å². The van der Waals surface area contributed by atoms with Crippen LogP contribution in [0.2, 0.25) is 0 Å². The maximum Gasteiger partial charge on any atom is 0.0985 e. The van der Waals surface area contributed by atoms with Crippen molar-refractivity contribution in [3.63, 3.8) is 0 Å². The fourth-order valence-corrected chi connectivity index (χ4v) is 3.95. The van der Waals surface area contributed by atoms with Crippen molar-refractivity contribution in [1.29, 1.82) is 0 Å². The summed E-state index contributed by atoms with van der Waals surface area (Å²) in [6.45, 7) is 3.05. The number of rotatable bonds is 4. The van der Waals surface area contributed by atoms with E-state index in [-0.39, 0.29) is 6.10 Å². The van der Waals surface area contributed by atoms with Crippen LogP contribution < -0.4 is 0 Å². The fraction of sp³-hybridized carbons (Fsp3) is 0.800. The largest absolute Gasteiger partial charge is 0.387 e. The van der Waals surface area contributed by atoms with Gasteiger partial charge >= 0.3 is 0 Å². The van der Waals surface area contributed by atoms with Crippen molar-refractivity contribution in [2.45, 2.75) is 63.8 Å². The van der Waals surface area contributed by atoms with Crippen molar-refractivity contribution < 1.29 is 5.11 Å². The van der Waals surface area contributed by atoms with E-state index in [4.69, 9.17) is 0 Å². The lowest BCUT2D eigenvalue weighted by atomic mass is 9.85. The number of aryl methyl sites for hydroxylation is 1. The van der Waals surface area contributed by atoms with Gasteiger partial charge in [0.2, 0.25) is 0 Å². The molecule has 4 heteroatoms. The van der Waals surface area contributed by atoms with E-state index in [1.165, 1.54) is 12.8 Å². The van der Waals surface area contributed by atoms with Crippen molar-refractivity contribution in [3.05, 3.63) is 18.0 Å². The van der Waals surface area contributed by atoms with Gasteiger partial charge in [-0.05, 0) is 51.1 Å². The van der Waals surface area contributed by atoms with Gasteiger partial charge in [-0.1, -0.05) is 6.92 Å². The molecule has 0 saturated carbocycles. The Morgan fingerprint density at radius 2 is 2.05 bits per heavy atom. The molecule has 106 valence electrons. The Morgan fingerprint density at radius 1 is 1.37 bits per heavy atom. The Morgan fingerprint density at radius 3 is 2.68 bits per heavy atom. The molecule has 0 amide bonds. The molecule has 0 spiro atoms. The van der Waals surface area contributed by atoms with Crippen LogP contribution in [0.5, 0.6) is 0 Å². The van der Waals surface area contributed by atoms with Crippen LogP contribution in [-0.2, 0) is 6.54 Å². The number of hydrogen-bond acceptors (Lipinski definition) is 3. The third-order valence-corrected chi connectivity index (χ3v) is 5.07. The van der Waals surface area contributed by atoms with E-state index in [2.05, 4.69) is 24.0 Å². The number of piperidine rings is 1. The monoisotopic (exact) mass is 263 g/mol. The lowest BCUT2D eigenvalue weighted by Crippen LogP contribution is -2.41. The van der Waals surface area contributed by atoms with Gasteiger partial charge in [0.1, 0.15) is 0 Å². The predicted molar refractivity (Wildman–Crippen MR) is 74.8 cm³/mol. The van der Waals surface area contributed by atoms with E-state index in [1.807, 2.05) is 16.9 Å². The summed E-state index contributed by atoms with van der Waals surface area (Å²) in [4.78, 5) is 2.52. The number of hydrogen-bond donors (Lipinski definition) is 1. The molecule has 3 unspecified atom stereocenters. The highest BCUT2D eigenvalue weighted by Gasteiger charge is 2.41. The van der Waals surface area contributed by atoms with Gasteiger partial charge in [0.15, 0.2) is 0 Å². The van der Waals surface area contributed by atoms with Gasteiger partial charge in [0.25, 0.3) is 0 Å². The molecule has 3 atom stereocenters. The number of aliphatic hydroxyl groups excluding tert-OH is 1. The zero-order chi connectivity index (χ0) is 13.4. The topological polar surface area (TPSA) is 41.3 Å². The molecule has 2 saturated heterocycles. The molecule has 2 fully saturated rings. The fourth-order valence-electron chi connectivity index (χ4n) is 3.95. The SMILES string of the molecule is CCCn1nccc1C(O)C1CC2CCC(C1)N2C. The third kappa shape index (κ3) is 2.32. The molecular weight excluding hydrogens is 238 g/mol. The lowest BCUT2D eigenvalue weighted by molar-refractivity contribution is 0.0306. The predicted octanol–water partition coefficient (Wildman–Crippen LogP) is 2.20. The molecule has 2 aliphatic rings. The zero-order valence-electron chi connectivity index (χ0n) is 12.0. The molecule has 0 aromatic carbocycles. The van der Waals surface area contributed by atoms with Gasteiger partial charge in [-0.25, -0.2) is 0 Å². The molecule has 2 aliphatic heterocycles. The minimum absolute atomic E-state index is 0.342. The summed E-state index contributed by atoms with van der Waals surface area (Å²) >= 11 is 0. The average molecular weight is 263 g/mol. The number of aliphatic hydroxyl groups is 1. The van der Waals surface area contributed by atoms with Crippen LogP contribution in [0.15, 0.2) is 12.3 Å². The van der Waals surface area contributed by atoms with E-state index in [9.17, 15) is 5.11 Å². The van der Waals surface area contributed by atoms with Crippen molar-refractivity contribution in [1.82, 2.24) is 14.7 Å². The number of fused-ring (bicyclic) bond motifs is 2. The van der Waals surface area contributed by atoms with Gasteiger partial charge in [-0.15, -0.1) is 0 Å². The average Bonchev–Trinajstić information content (AvgIpc) is 2.91. The lowest BCUT2D eigenvalue weighted by Gasteiger charge is -2.38. The van der Waals surface area contributed by atoms with Crippen LogP contribution >= 0.6 is 0 Å². The molecule has 3 rings (SSSR count). The molecule has 4 nitrogen and oxygen atoms in total. The number of aromatic nitrogens is 2. The molecule has 3 heterocycles. The summed E-state index contributed by atoms with van der Waals surface area (Å²) in [6.07, 6.45) is 7.40. The summed E-state index contributed by atoms with van der Waals surface area (Å²) < 4.78 is 1.98. The van der Waals surface area contributed by atoms with Crippen molar-refractivity contribution in [2.24, 2.45) is 5.92 Å². The van der Waals surface area contributed by atoms with Gasteiger partial charge in [0, 0.05) is 24.8 Å². The molecule has 19 heavy (non-hydrogen) atoms. The van der Waals surface area contributed by atoms with Crippen molar-refractivity contribution in [3.8, 4) is 0 Å². The van der Waals surface area contributed by atoms with E-state index < -0.39 is 0 Å². The van der Waals surface area contributed by atoms with Crippen LogP contribution in [-0.4, -0.2) is 38.9 Å². The molecule has 1 aromatic heterocycles. The maximum absolute atomic E-state index is 10.7. The van der Waals surface area contributed by atoms with Crippen LogP contribution in [0.3, 0.4) is 0 Å². The number of nitrogens with zero attached hydrogens (tertiary/aromatic N) is 3. The first-order valence-electron chi connectivity index (χ1n) is 7.62. The Bertz CT molecular complexity index is 417. The molecule has 1 N–H and O–H groups in total. The van der Waals surface area contributed by atoms with Crippen LogP contribution in [0.1, 0.15) is 50.8 Å². The molecule has 2 bridgehead atoms. The minimum atomic E-state index is -0.342. The smallest absolute Gasteiger partial charge is 0.0985 e. The highest BCUT2D eigenvalue weighted by molar-refractivity contribution is 5.08. The third-order valence-electron chi connectivity index (χ3n) is 5.07. The van der Waals surface area contributed by atoms with Gasteiger partial charge < -0.3 is 10.0 Å². The van der Waals surface area contributed by atoms with Crippen molar-refractivity contribution in [2.75, 3.05) is 7.05 Å². The van der Waals surface area contributed by atoms with Crippen LogP contribution in [0, 0.1) is 5.92 Å². The van der Waals surface area contributed by atoms with Gasteiger partial charge in [-0.3, -0.25) is 4.68 Å². The van der Waals surface area contributed by atoms with E-state index in [0.717, 1.165) is 31.5 Å². The standard InChI is InChI=1S/C15H25N3O/c1-3-8-18-14(6-7-16-18)15(19)11-9-12-4-5-13(10-11)17(12)2/h6-7,11-13,15,19H,3-5,8-10H2,1-2H3. The second-order valence-corrected chi connectivity index (χ2v) is 6.21. The summed E-state index contributed by atoms with van der Waals surface area (Å²) in [5.74, 6) is 0.404. The molecular formula is C15H25N3O. The first-order valence-corrected chi connectivity index (χ1v) is 7.62. The van der Waals surface area contributed by atoms with Gasteiger partial charge in [0.05, 0.1) is 11.8 Å². The van der Waals surface area contributed by atoms with E-state index >= 15 is 0 Å². The van der Waals surface area contributed by atoms with Crippen LogP contribution in [0.25, 0.3) is 0 Å². The first-order chi connectivity index (χ1) is 9.20. The first kappa shape index (κ1) is 13.1. The summed E-state index contributed by atoms with van der Waals surface area (Å²) in [5, 5.41) is 15.0. The zero-order valence-corrected chi connectivity index (χ0v) is 12.0. The van der Waals surface area contributed by atoms with Crippen LogP contribution in [0.4, 0.5) is 0 Å². The Labute approximate surface area is 115 Å². The summed E-state index contributed by atoms with van der Waals surface area (Å²) in [7, 11) is 2.24. The Hall–Kier alpha value is -0.870. The van der Waals surface area contributed by atoms with E-state index in [0.29, 0.717) is 18.0 Å². The quantitative estimate of drug-likeness (QED) is 0.905. The second kappa shape index (κ2) is 5.25. The maximum atomic E-state index is 10.7. The summed E-state index contributed by atoms with van der Waals surface area (Å²) in [5.41, 5.74) is 1.01. The van der Waals surface area contributed by atoms with Crippen molar-refractivity contribution >= 4 is 0 Å². The normalized spacial score (nSPS) is 32.7. The Balaban J connectivity index is 1.74. The highest BCUT2D eigenvalue weighted by atomic mass is 16.3. The highest BCUT2D eigenvalue weighted by Crippen LogP contribution is 2.42. The second-order valence-electron chi connectivity index (χ2n) is 6.21. The van der Waals surface area contributed by atoms with Gasteiger partial charge in [-0.2, -0.15) is 5.10 Å². The Kier molecular flexibility index (Phi) is 3.63. The minimum Gasteiger partial charge on any atom is -0.387 e. The summed E-state index contributed by atoms with van der Waals surface area (Å²) in [6, 6.07) is 3.35.